The van der Waals surface area contributed by atoms with E-state index in [0.717, 1.165) is 4.68 Å². The van der Waals surface area contributed by atoms with Crippen LogP contribution in [0.15, 0.2) is 18.3 Å². The quantitative estimate of drug-likeness (QED) is 0.927. The summed E-state index contributed by atoms with van der Waals surface area (Å²) < 4.78 is 41.1. The highest BCUT2D eigenvalue weighted by Gasteiger charge is 2.18. The number of nitriles is 1. The van der Waals surface area contributed by atoms with Crippen molar-refractivity contribution in [3.63, 3.8) is 0 Å². The highest BCUT2D eigenvalue weighted by molar-refractivity contribution is 5.47. The molecule has 0 spiro atoms. The minimum Gasteiger partial charge on any atom is -0.396 e. The summed E-state index contributed by atoms with van der Waals surface area (Å²) in [7, 11) is 0. The lowest BCUT2D eigenvalue weighted by molar-refractivity contribution is 0.525. The van der Waals surface area contributed by atoms with Gasteiger partial charge in [-0.05, 0) is 0 Å². The second kappa shape index (κ2) is 5.02. The Morgan fingerprint density at radius 2 is 1.89 bits per heavy atom. The number of nitrogens with two attached hydrogens (primary N) is 1. The Labute approximate surface area is 106 Å². The molecule has 0 atom stereocenters. The van der Waals surface area contributed by atoms with Crippen LogP contribution in [-0.4, -0.2) is 9.78 Å². The number of rotatable bonds is 3. The summed E-state index contributed by atoms with van der Waals surface area (Å²) in [4.78, 5) is 0. The second-order valence-corrected chi connectivity index (χ2v) is 3.83. The molecule has 0 unspecified atom stereocenters. The monoisotopic (exact) mass is 266 g/mol. The molecule has 1 heterocycles. The largest absolute Gasteiger partial charge is 0.396 e. The van der Waals surface area contributed by atoms with Crippen molar-refractivity contribution < 1.29 is 13.2 Å². The van der Waals surface area contributed by atoms with Crippen LogP contribution < -0.4 is 5.73 Å². The van der Waals surface area contributed by atoms with Crippen LogP contribution in [0.5, 0.6) is 0 Å². The van der Waals surface area contributed by atoms with Crippen LogP contribution in [-0.2, 0) is 6.42 Å². The molecule has 0 saturated carbocycles. The summed E-state index contributed by atoms with van der Waals surface area (Å²) in [5.74, 6) is -3.19. The first-order valence-electron chi connectivity index (χ1n) is 5.39. The standard InChI is InChI=1S/C12H9F3N4/c13-7-4-8(14)12(9(15)5-7)19-11(2-1-3-16)10(17)6-18-19/h4-6H,1-2,17H2. The average molecular weight is 266 g/mol. The third-order valence-corrected chi connectivity index (χ3v) is 2.57. The number of hydrogen-bond donors (Lipinski definition) is 1. The summed E-state index contributed by atoms with van der Waals surface area (Å²) in [5, 5.41) is 12.3. The lowest BCUT2D eigenvalue weighted by Gasteiger charge is -2.09. The Balaban J connectivity index is 2.57. The fourth-order valence-corrected chi connectivity index (χ4v) is 1.74. The zero-order valence-corrected chi connectivity index (χ0v) is 9.70. The number of hydrogen-bond acceptors (Lipinski definition) is 3. The van der Waals surface area contributed by atoms with Crippen LogP contribution in [0.3, 0.4) is 0 Å². The molecule has 0 saturated heterocycles. The van der Waals surface area contributed by atoms with E-state index in [1.165, 1.54) is 6.20 Å². The Morgan fingerprint density at radius 1 is 1.26 bits per heavy atom. The van der Waals surface area contributed by atoms with Crippen molar-refractivity contribution in [2.24, 2.45) is 0 Å². The predicted molar refractivity (Wildman–Crippen MR) is 61.8 cm³/mol. The minimum atomic E-state index is -1.08. The van der Waals surface area contributed by atoms with Gasteiger partial charge in [0.25, 0.3) is 0 Å². The van der Waals surface area contributed by atoms with Gasteiger partial charge < -0.3 is 5.73 Å². The number of aromatic nitrogens is 2. The molecule has 0 aliphatic carbocycles. The summed E-state index contributed by atoms with van der Waals surface area (Å²) in [6.45, 7) is 0. The van der Waals surface area contributed by atoms with Gasteiger partial charge in [0.15, 0.2) is 11.6 Å². The summed E-state index contributed by atoms with van der Waals surface area (Å²) in [6.07, 6.45) is 1.55. The van der Waals surface area contributed by atoms with Crippen molar-refractivity contribution in [1.29, 1.82) is 5.26 Å². The first-order valence-corrected chi connectivity index (χ1v) is 5.39. The van der Waals surface area contributed by atoms with Gasteiger partial charge in [0.1, 0.15) is 11.5 Å². The van der Waals surface area contributed by atoms with Gasteiger partial charge >= 0.3 is 0 Å². The Kier molecular flexibility index (Phi) is 3.42. The highest BCUT2D eigenvalue weighted by Crippen LogP contribution is 2.23. The zero-order chi connectivity index (χ0) is 14.0. The van der Waals surface area contributed by atoms with Crippen LogP contribution in [0.4, 0.5) is 18.9 Å². The van der Waals surface area contributed by atoms with Crippen molar-refractivity contribution in [3.05, 3.63) is 41.5 Å². The Hall–Kier alpha value is -2.49. The highest BCUT2D eigenvalue weighted by atomic mass is 19.1. The van der Waals surface area contributed by atoms with E-state index in [9.17, 15) is 13.2 Å². The van der Waals surface area contributed by atoms with E-state index < -0.39 is 23.1 Å². The first kappa shape index (κ1) is 13.0. The van der Waals surface area contributed by atoms with Crippen molar-refractivity contribution in [1.82, 2.24) is 9.78 Å². The molecule has 7 heteroatoms. The van der Waals surface area contributed by atoms with Gasteiger partial charge in [-0.15, -0.1) is 0 Å². The maximum atomic E-state index is 13.7. The van der Waals surface area contributed by atoms with Crippen molar-refractivity contribution in [2.75, 3.05) is 5.73 Å². The summed E-state index contributed by atoms with van der Waals surface area (Å²) in [6, 6.07) is 3.03. The van der Waals surface area contributed by atoms with Gasteiger partial charge in [-0.3, -0.25) is 0 Å². The minimum absolute atomic E-state index is 0.125. The Bertz CT molecular complexity index is 634. The third-order valence-electron chi connectivity index (χ3n) is 2.57. The number of nitrogens with zero attached hydrogens (tertiary/aromatic N) is 3. The van der Waals surface area contributed by atoms with E-state index in [0.29, 0.717) is 17.8 Å². The van der Waals surface area contributed by atoms with Crippen molar-refractivity contribution in [2.45, 2.75) is 12.8 Å². The number of nitrogen functional groups attached to an aromatic ring is 1. The van der Waals surface area contributed by atoms with Gasteiger partial charge in [-0.1, -0.05) is 0 Å². The maximum Gasteiger partial charge on any atom is 0.154 e. The summed E-state index contributed by atoms with van der Waals surface area (Å²) >= 11 is 0. The molecule has 19 heavy (non-hydrogen) atoms. The van der Waals surface area contributed by atoms with E-state index in [4.69, 9.17) is 11.0 Å². The van der Waals surface area contributed by atoms with E-state index in [2.05, 4.69) is 5.10 Å². The molecule has 0 aliphatic heterocycles. The molecule has 1 aromatic heterocycles. The lowest BCUT2D eigenvalue weighted by Crippen LogP contribution is -2.09. The number of benzene rings is 1. The smallest absolute Gasteiger partial charge is 0.154 e. The van der Waals surface area contributed by atoms with Crippen LogP contribution in [0.2, 0.25) is 0 Å². The van der Waals surface area contributed by atoms with E-state index in [-0.39, 0.29) is 18.5 Å². The van der Waals surface area contributed by atoms with E-state index in [1.54, 1.807) is 0 Å². The van der Waals surface area contributed by atoms with Crippen LogP contribution in [0, 0.1) is 28.8 Å². The van der Waals surface area contributed by atoms with Crippen LogP contribution in [0.1, 0.15) is 12.1 Å². The SMILES string of the molecule is N#CCCc1c(N)cnn1-c1c(F)cc(F)cc1F. The fourth-order valence-electron chi connectivity index (χ4n) is 1.74. The van der Waals surface area contributed by atoms with Gasteiger partial charge in [0.2, 0.25) is 0 Å². The molecule has 2 N–H and O–H groups in total. The molecule has 0 amide bonds. The lowest BCUT2D eigenvalue weighted by atomic mass is 10.2. The molecule has 0 aliphatic rings. The van der Waals surface area contributed by atoms with Gasteiger partial charge in [-0.2, -0.15) is 10.4 Å². The van der Waals surface area contributed by atoms with Crippen LogP contribution >= 0.6 is 0 Å². The second-order valence-electron chi connectivity index (χ2n) is 3.83. The van der Waals surface area contributed by atoms with Gasteiger partial charge in [0, 0.05) is 25.0 Å². The molecule has 2 rings (SSSR count). The van der Waals surface area contributed by atoms with E-state index in [1.807, 2.05) is 6.07 Å². The topological polar surface area (TPSA) is 67.6 Å². The van der Waals surface area contributed by atoms with Crippen molar-refractivity contribution >= 4 is 5.69 Å². The molecule has 2 aromatic rings. The molecule has 0 fully saturated rings. The molecule has 1 aromatic carbocycles. The zero-order valence-electron chi connectivity index (χ0n) is 9.70. The number of anilines is 1. The van der Waals surface area contributed by atoms with Crippen LogP contribution in [0.25, 0.3) is 5.69 Å². The Morgan fingerprint density at radius 3 is 2.47 bits per heavy atom. The molecule has 0 bridgehead atoms. The molecule has 4 nitrogen and oxygen atoms in total. The molecular weight excluding hydrogens is 257 g/mol. The molecule has 98 valence electrons. The predicted octanol–water partition coefficient (Wildman–Crippen LogP) is 2.33. The number of halogens is 3. The normalized spacial score (nSPS) is 10.4. The first-order chi connectivity index (χ1) is 9.04. The molecular formula is C12H9F3N4. The average Bonchev–Trinajstić information content (AvgIpc) is 2.67. The fraction of sp³-hybridized carbons (Fsp3) is 0.167. The summed E-state index contributed by atoms with van der Waals surface area (Å²) in [5.41, 5.74) is 5.66. The van der Waals surface area contributed by atoms with Gasteiger partial charge in [-0.25, -0.2) is 17.9 Å². The van der Waals surface area contributed by atoms with Gasteiger partial charge in [0.05, 0.1) is 23.6 Å². The van der Waals surface area contributed by atoms with E-state index >= 15 is 0 Å². The third kappa shape index (κ3) is 2.38. The molecule has 0 radical (unpaired) electrons. The van der Waals surface area contributed by atoms with Crippen molar-refractivity contribution in [3.8, 4) is 11.8 Å². The maximum absolute atomic E-state index is 13.7.